The molecule has 3 rings (SSSR count). The summed E-state index contributed by atoms with van der Waals surface area (Å²) in [5, 5.41) is 24.8. The Balaban J connectivity index is 1.81. The molecule has 1 amide bonds. The second-order valence-corrected chi connectivity index (χ2v) is 5.59. The van der Waals surface area contributed by atoms with Crippen LogP contribution in [0.5, 0.6) is 0 Å². The molecule has 0 radical (unpaired) electrons. The fourth-order valence-corrected chi connectivity index (χ4v) is 2.82. The van der Waals surface area contributed by atoms with Crippen LogP contribution in [0.3, 0.4) is 0 Å². The Morgan fingerprint density at radius 2 is 2.41 bits per heavy atom. The van der Waals surface area contributed by atoms with Gasteiger partial charge in [-0.3, -0.25) is 9.48 Å². The summed E-state index contributed by atoms with van der Waals surface area (Å²) in [5.74, 6) is -0.0429. The van der Waals surface area contributed by atoms with E-state index in [0.717, 1.165) is 0 Å². The largest absolute Gasteiger partial charge is 0.466 e. The lowest BCUT2D eigenvalue weighted by Crippen LogP contribution is -2.41. The zero-order valence-corrected chi connectivity index (χ0v) is 12.6. The topological polar surface area (TPSA) is 93.2 Å². The summed E-state index contributed by atoms with van der Waals surface area (Å²) in [6, 6.07) is 5.16. The first-order valence-corrected chi connectivity index (χ1v) is 7.47. The zero-order valence-electron chi connectivity index (χ0n) is 11.8. The van der Waals surface area contributed by atoms with Gasteiger partial charge in [-0.1, -0.05) is 5.21 Å². The summed E-state index contributed by atoms with van der Waals surface area (Å²) >= 11 is 1.46. The number of furan rings is 1. The molecule has 0 aliphatic carbocycles. The normalized spacial score (nSPS) is 13.7. The third-order valence-electron chi connectivity index (χ3n) is 3.27. The van der Waals surface area contributed by atoms with E-state index in [1.54, 1.807) is 25.2 Å². The van der Waals surface area contributed by atoms with E-state index in [1.807, 2.05) is 10.8 Å². The Morgan fingerprint density at radius 1 is 1.55 bits per heavy atom. The first-order chi connectivity index (χ1) is 10.6. The van der Waals surface area contributed by atoms with Gasteiger partial charge in [0.15, 0.2) is 11.3 Å². The average molecular weight is 318 g/mol. The lowest BCUT2D eigenvalue weighted by atomic mass is 9.93. The van der Waals surface area contributed by atoms with Crippen molar-refractivity contribution in [2.75, 3.05) is 6.54 Å². The van der Waals surface area contributed by atoms with Crippen LogP contribution in [0.4, 0.5) is 0 Å². The highest BCUT2D eigenvalue weighted by Crippen LogP contribution is 2.31. The minimum Gasteiger partial charge on any atom is -0.466 e. The van der Waals surface area contributed by atoms with Crippen molar-refractivity contribution in [3.05, 3.63) is 58.4 Å². The molecule has 22 heavy (non-hydrogen) atoms. The number of carbonyl (C=O) groups excluding carboxylic acids is 1. The van der Waals surface area contributed by atoms with Gasteiger partial charge in [0, 0.05) is 12.6 Å². The van der Waals surface area contributed by atoms with Gasteiger partial charge >= 0.3 is 0 Å². The van der Waals surface area contributed by atoms with Crippen LogP contribution in [0.2, 0.25) is 0 Å². The molecule has 8 heteroatoms. The molecule has 0 fully saturated rings. The van der Waals surface area contributed by atoms with Crippen molar-refractivity contribution in [1.82, 2.24) is 20.3 Å². The Kier molecular flexibility index (Phi) is 3.78. The highest BCUT2D eigenvalue weighted by Gasteiger charge is 2.35. The van der Waals surface area contributed by atoms with Crippen LogP contribution >= 0.6 is 11.3 Å². The Morgan fingerprint density at radius 3 is 3.00 bits per heavy atom. The van der Waals surface area contributed by atoms with Crippen LogP contribution in [0.1, 0.15) is 21.8 Å². The minimum atomic E-state index is -1.43. The molecular weight excluding hydrogens is 304 g/mol. The number of hydrogen-bond acceptors (Lipinski definition) is 6. The number of nitrogens with one attached hydrogen (secondary N) is 1. The average Bonchev–Trinajstić information content (AvgIpc) is 3.24. The van der Waals surface area contributed by atoms with Gasteiger partial charge in [-0.05, 0) is 29.0 Å². The summed E-state index contributed by atoms with van der Waals surface area (Å²) in [7, 11) is 1.67. The first kappa shape index (κ1) is 14.5. The van der Waals surface area contributed by atoms with Crippen molar-refractivity contribution in [2.24, 2.45) is 7.05 Å². The molecule has 0 aliphatic rings. The van der Waals surface area contributed by atoms with Crippen molar-refractivity contribution in [2.45, 2.75) is 5.60 Å². The fraction of sp³-hybridized carbons (Fsp3) is 0.214. The number of rotatable bonds is 5. The highest BCUT2D eigenvalue weighted by molar-refractivity contribution is 7.08. The molecule has 0 spiro atoms. The molecule has 7 nitrogen and oxygen atoms in total. The lowest BCUT2D eigenvalue weighted by Gasteiger charge is -2.25. The maximum absolute atomic E-state index is 12.1. The Bertz CT molecular complexity index is 715. The minimum absolute atomic E-state index is 0.0351. The number of aryl methyl sites for hydroxylation is 1. The molecule has 3 heterocycles. The van der Waals surface area contributed by atoms with E-state index < -0.39 is 11.5 Å². The third kappa shape index (κ3) is 2.66. The number of aliphatic hydroxyl groups is 1. The second kappa shape index (κ2) is 5.74. The third-order valence-corrected chi connectivity index (χ3v) is 3.95. The van der Waals surface area contributed by atoms with E-state index in [-0.39, 0.29) is 12.2 Å². The summed E-state index contributed by atoms with van der Waals surface area (Å²) < 4.78 is 6.77. The van der Waals surface area contributed by atoms with Crippen molar-refractivity contribution in [3.63, 3.8) is 0 Å². The summed E-state index contributed by atoms with van der Waals surface area (Å²) in [5.41, 5.74) is -0.581. The molecule has 114 valence electrons. The molecule has 3 aromatic heterocycles. The monoisotopic (exact) mass is 318 g/mol. The van der Waals surface area contributed by atoms with E-state index in [4.69, 9.17) is 4.42 Å². The molecule has 0 aliphatic heterocycles. The maximum atomic E-state index is 12.1. The van der Waals surface area contributed by atoms with Crippen molar-refractivity contribution in [3.8, 4) is 0 Å². The van der Waals surface area contributed by atoms with Gasteiger partial charge < -0.3 is 14.8 Å². The van der Waals surface area contributed by atoms with Crippen LogP contribution in [0.15, 0.2) is 45.8 Å². The summed E-state index contributed by atoms with van der Waals surface area (Å²) in [6.45, 7) is -0.0351. The van der Waals surface area contributed by atoms with Gasteiger partial charge in [-0.2, -0.15) is 11.3 Å². The molecule has 0 saturated heterocycles. The van der Waals surface area contributed by atoms with Gasteiger partial charge in [0.05, 0.1) is 19.0 Å². The van der Waals surface area contributed by atoms with Crippen LogP contribution < -0.4 is 5.32 Å². The van der Waals surface area contributed by atoms with Crippen LogP contribution in [0.25, 0.3) is 0 Å². The molecule has 0 bridgehead atoms. The van der Waals surface area contributed by atoms with Gasteiger partial charge in [0.2, 0.25) is 0 Å². The lowest BCUT2D eigenvalue weighted by molar-refractivity contribution is 0.0527. The Hall–Kier alpha value is -2.45. The van der Waals surface area contributed by atoms with Crippen LogP contribution in [0, 0.1) is 0 Å². The molecule has 0 saturated carbocycles. The van der Waals surface area contributed by atoms with Crippen LogP contribution in [-0.4, -0.2) is 32.6 Å². The van der Waals surface area contributed by atoms with Gasteiger partial charge in [-0.25, -0.2) is 0 Å². The van der Waals surface area contributed by atoms with Gasteiger partial charge in [-0.15, -0.1) is 5.10 Å². The Labute approximate surface area is 130 Å². The highest BCUT2D eigenvalue weighted by atomic mass is 32.1. The standard InChI is InChI=1S/C14H14N4O3S/c1-18-7-11(16-17-18)13(19)15-9-14(20,10-4-6-22-8-10)12-3-2-5-21-12/h2-8,20H,9H2,1H3,(H,15,19)/t14-/m1/s1. The zero-order chi connectivity index (χ0) is 15.6. The van der Waals surface area contributed by atoms with E-state index >= 15 is 0 Å². The van der Waals surface area contributed by atoms with E-state index in [0.29, 0.717) is 11.3 Å². The predicted molar refractivity (Wildman–Crippen MR) is 79.4 cm³/mol. The molecular formula is C14H14N4O3S. The van der Waals surface area contributed by atoms with Crippen molar-refractivity contribution < 1.29 is 14.3 Å². The number of nitrogens with zero attached hydrogens (tertiary/aromatic N) is 3. The summed E-state index contributed by atoms with van der Waals surface area (Å²) in [6.07, 6.45) is 2.99. The SMILES string of the molecule is Cn1cc(C(=O)NC[C@@](O)(c2ccsc2)c2ccco2)nn1. The second-order valence-electron chi connectivity index (χ2n) is 4.81. The molecule has 1 atom stereocenters. The number of thiophene rings is 1. The van der Waals surface area contributed by atoms with Crippen molar-refractivity contribution >= 4 is 17.2 Å². The number of hydrogen-bond donors (Lipinski definition) is 2. The number of amides is 1. The molecule has 0 aromatic carbocycles. The fourth-order valence-electron chi connectivity index (χ4n) is 2.10. The smallest absolute Gasteiger partial charge is 0.273 e. The van der Waals surface area contributed by atoms with E-state index in [2.05, 4.69) is 15.6 Å². The number of carbonyl (C=O) groups is 1. The molecule has 0 unspecified atom stereocenters. The van der Waals surface area contributed by atoms with Crippen molar-refractivity contribution in [1.29, 1.82) is 0 Å². The molecule has 2 N–H and O–H groups in total. The number of aromatic nitrogens is 3. The summed E-state index contributed by atoms with van der Waals surface area (Å²) in [4.78, 5) is 12.1. The maximum Gasteiger partial charge on any atom is 0.273 e. The van der Waals surface area contributed by atoms with E-state index in [9.17, 15) is 9.90 Å². The first-order valence-electron chi connectivity index (χ1n) is 6.53. The van der Waals surface area contributed by atoms with E-state index in [1.165, 1.54) is 28.5 Å². The predicted octanol–water partition coefficient (Wildman–Crippen LogP) is 1.14. The van der Waals surface area contributed by atoms with Crippen LogP contribution in [-0.2, 0) is 12.6 Å². The quantitative estimate of drug-likeness (QED) is 0.736. The van der Waals surface area contributed by atoms with Gasteiger partial charge in [0.25, 0.3) is 5.91 Å². The van der Waals surface area contributed by atoms with Gasteiger partial charge in [0.1, 0.15) is 5.76 Å². The molecule has 3 aromatic rings.